The van der Waals surface area contributed by atoms with Crippen LogP contribution in [0.5, 0.6) is 11.5 Å². The minimum absolute atomic E-state index is 0.0938. The van der Waals surface area contributed by atoms with Gasteiger partial charge in [0.25, 0.3) is 5.91 Å². The third kappa shape index (κ3) is 3.24. The third-order valence-electron chi connectivity index (χ3n) is 5.29. The number of rotatable bonds is 1. The highest BCUT2D eigenvalue weighted by Crippen LogP contribution is 2.50. The van der Waals surface area contributed by atoms with E-state index in [1.807, 2.05) is 24.5 Å². The van der Waals surface area contributed by atoms with Crippen LogP contribution in [0.25, 0.3) is 0 Å². The Morgan fingerprint density at radius 1 is 1.26 bits per heavy atom. The van der Waals surface area contributed by atoms with Crippen LogP contribution in [0.15, 0.2) is 39.9 Å². The van der Waals surface area contributed by atoms with Gasteiger partial charge in [-0.15, -0.1) is 5.10 Å². The van der Waals surface area contributed by atoms with E-state index in [0.717, 1.165) is 4.47 Å². The van der Waals surface area contributed by atoms with E-state index in [1.54, 1.807) is 22.0 Å². The topological polar surface area (TPSA) is 83.5 Å². The Morgan fingerprint density at radius 2 is 2.00 bits per heavy atom. The van der Waals surface area contributed by atoms with E-state index in [2.05, 4.69) is 26.3 Å². The molecule has 0 saturated heterocycles. The summed E-state index contributed by atoms with van der Waals surface area (Å²) in [4.78, 5) is 27.7. The van der Waals surface area contributed by atoms with Crippen molar-refractivity contribution in [2.24, 2.45) is 5.10 Å². The van der Waals surface area contributed by atoms with Crippen LogP contribution in [0.4, 0.5) is 5.69 Å². The van der Waals surface area contributed by atoms with E-state index in [4.69, 9.17) is 21.1 Å². The molecule has 2 amide bonds. The normalized spacial score (nSPS) is 21.3. The van der Waals surface area contributed by atoms with Crippen molar-refractivity contribution < 1.29 is 19.1 Å². The molecule has 0 saturated carbocycles. The Kier molecular flexibility index (Phi) is 5.03. The van der Waals surface area contributed by atoms with Gasteiger partial charge in [0.05, 0.1) is 10.7 Å². The van der Waals surface area contributed by atoms with Gasteiger partial charge in [0.15, 0.2) is 28.9 Å². The van der Waals surface area contributed by atoms with Gasteiger partial charge < -0.3 is 14.8 Å². The Morgan fingerprint density at radius 3 is 2.71 bits per heavy atom. The summed E-state index contributed by atoms with van der Waals surface area (Å²) in [5.74, 6) is 0.609. The zero-order valence-electron chi connectivity index (χ0n) is 16.4. The molecule has 0 aliphatic carbocycles. The first-order chi connectivity index (χ1) is 14.9. The molecular weight excluding hydrogens is 508 g/mol. The molecule has 3 aliphatic heterocycles. The van der Waals surface area contributed by atoms with Gasteiger partial charge in [-0.2, -0.15) is 0 Å². The predicted molar refractivity (Wildman–Crippen MR) is 121 cm³/mol. The number of hydrogen-bond acceptors (Lipinski definition) is 7. The summed E-state index contributed by atoms with van der Waals surface area (Å²) in [6.07, 6.45) is 1.06. The summed E-state index contributed by atoms with van der Waals surface area (Å²) in [6.45, 7) is 1.57. The second-order valence-electron chi connectivity index (χ2n) is 7.07. The summed E-state index contributed by atoms with van der Waals surface area (Å²) in [6, 6.07) is 8.14. The van der Waals surface area contributed by atoms with E-state index in [-0.39, 0.29) is 18.6 Å². The van der Waals surface area contributed by atoms with Gasteiger partial charge in [0.2, 0.25) is 12.7 Å². The summed E-state index contributed by atoms with van der Waals surface area (Å²) in [5.41, 5.74) is 1.87. The number of carbonyl (C=O) groups is 2. The maximum absolute atomic E-state index is 13.2. The molecule has 3 heterocycles. The van der Waals surface area contributed by atoms with Crippen LogP contribution in [0.3, 0.4) is 0 Å². The molecule has 3 aliphatic rings. The first-order valence-corrected chi connectivity index (χ1v) is 11.7. The van der Waals surface area contributed by atoms with Gasteiger partial charge in [-0.1, -0.05) is 39.3 Å². The second kappa shape index (κ2) is 7.61. The SMILES string of the molecule is CSC1=NN2[C@H](C(=O)N1)c1cc(Br)ccc1N(C(C)=O)[C@H]2c1cc2c(cc1Cl)OCO2. The lowest BCUT2D eigenvalue weighted by molar-refractivity contribution is -0.129. The van der Waals surface area contributed by atoms with E-state index < -0.39 is 12.2 Å². The summed E-state index contributed by atoms with van der Waals surface area (Å²) in [5, 5.41) is 9.95. The van der Waals surface area contributed by atoms with Crippen LogP contribution in [0.2, 0.25) is 5.02 Å². The molecule has 31 heavy (non-hydrogen) atoms. The standard InChI is InChI=1S/C20H16BrClN4O4S/c1-9(27)25-14-4-3-10(21)5-12(14)17-18(28)23-20(31-2)24-26(17)19(25)11-6-15-16(7-13(11)22)30-8-29-15/h3-7,17,19H,8H2,1-2H3,(H,23,24,28)/t17-,19+/m0/s1. The molecular formula is C20H16BrClN4O4S. The molecule has 5 rings (SSSR count). The van der Waals surface area contributed by atoms with E-state index in [1.165, 1.54) is 18.7 Å². The van der Waals surface area contributed by atoms with Gasteiger partial charge >= 0.3 is 0 Å². The molecule has 0 unspecified atom stereocenters. The second-order valence-corrected chi connectivity index (χ2v) is 9.19. The number of carbonyl (C=O) groups excluding carboxylic acids is 2. The molecule has 0 spiro atoms. The Bertz CT molecular complexity index is 1160. The quantitative estimate of drug-likeness (QED) is 0.608. The molecule has 0 radical (unpaired) electrons. The van der Waals surface area contributed by atoms with Crippen molar-refractivity contribution in [1.82, 2.24) is 10.3 Å². The first-order valence-electron chi connectivity index (χ1n) is 9.29. The van der Waals surface area contributed by atoms with Crippen LogP contribution in [0, 0.1) is 0 Å². The van der Waals surface area contributed by atoms with Gasteiger partial charge in [-0.25, -0.2) is 0 Å². The molecule has 1 N–H and O–H groups in total. The minimum Gasteiger partial charge on any atom is -0.454 e. The van der Waals surface area contributed by atoms with Crippen molar-refractivity contribution >= 4 is 62.0 Å². The molecule has 2 aromatic rings. The maximum Gasteiger partial charge on any atom is 0.255 e. The number of amidine groups is 1. The van der Waals surface area contributed by atoms with Crippen LogP contribution in [-0.2, 0) is 9.59 Å². The molecule has 2 atom stereocenters. The number of thioether (sulfide) groups is 1. The monoisotopic (exact) mass is 522 g/mol. The number of ether oxygens (including phenoxy) is 2. The zero-order valence-corrected chi connectivity index (χ0v) is 19.5. The lowest BCUT2D eigenvalue weighted by atomic mass is 9.95. The number of halogens is 2. The lowest BCUT2D eigenvalue weighted by Crippen LogP contribution is -2.55. The molecule has 0 bridgehead atoms. The van der Waals surface area contributed by atoms with Gasteiger partial charge in [0, 0.05) is 28.6 Å². The third-order valence-corrected chi connectivity index (χ3v) is 6.68. The Hall–Kier alpha value is -2.43. The van der Waals surface area contributed by atoms with Crippen molar-refractivity contribution in [3.8, 4) is 11.5 Å². The maximum atomic E-state index is 13.2. The van der Waals surface area contributed by atoms with Crippen molar-refractivity contribution in [2.75, 3.05) is 17.9 Å². The smallest absolute Gasteiger partial charge is 0.255 e. The Balaban J connectivity index is 1.78. The number of benzene rings is 2. The van der Waals surface area contributed by atoms with Crippen molar-refractivity contribution in [3.63, 3.8) is 0 Å². The zero-order chi connectivity index (χ0) is 21.9. The van der Waals surface area contributed by atoms with Gasteiger partial charge in [-0.3, -0.25) is 19.5 Å². The first kappa shape index (κ1) is 20.5. The van der Waals surface area contributed by atoms with E-state index in [0.29, 0.717) is 38.5 Å². The van der Waals surface area contributed by atoms with Crippen LogP contribution >= 0.6 is 39.3 Å². The van der Waals surface area contributed by atoms with Crippen LogP contribution in [-0.4, -0.2) is 35.0 Å². The molecule has 8 nitrogen and oxygen atoms in total. The Labute approximate surface area is 195 Å². The fraction of sp³-hybridized carbons (Fsp3) is 0.250. The van der Waals surface area contributed by atoms with Crippen molar-refractivity contribution in [2.45, 2.75) is 19.1 Å². The highest BCUT2D eigenvalue weighted by molar-refractivity contribution is 9.10. The molecule has 2 aromatic carbocycles. The highest BCUT2D eigenvalue weighted by Gasteiger charge is 2.47. The van der Waals surface area contributed by atoms with Gasteiger partial charge in [-0.05, 0) is 30.5 Å². The minimum atomic E-state index is -0.758. The largest absolute Gasteiger partial charge is 0.454 e. The predicted octanol–water partition coefficient (Wildman–Crippen LogP) is 4.00. The van der Waals surface area contributed by atoms with Crippen molar-refractivity contribution in [3.05, 3.63) is 51.0 Å². The summed E-state index contributed by atoms with van der Waals surface area (Å²) < 4.78 is 11.8. The van der Waals surface area contributed by atoms with Crippen LogP contribution < -0.4 is 19.7 Å². The molecule has 11 heteroatoms. The number of hydrazone groups is 1. The lowest BCUT2D eigenvalue weighted by Gasteiger charge is -2.48. The summed E-state index contributed by atoms with van der Waals surface area (Å²) >= 11 is 11.4. The van der Waals surface area contributed by atoms with Crippen molar-refractivity contribution in [1.29, 1.82) is 0 Å². The highest BCUT2D eigenvalue weighted by atomic mass is 79.9. The fourth-order valence-corrected chi connectivity index (χ4v) is 5.03. The number of nitrogens with one attached hydrogen (secondary N) is 1. The number of fused-ring (bicyclic) bond motifs is 4. The number of anilines is 1. The number of hydrogen-bond donors (Lipinski definition) is 1. The summed E-state index contributed by atoms with van der Waals surface area (Å²) in [7, 11) is 0. The van der Waals surface area contributed by atoms with Gasteiger partial charge in [0.1, 0.15) is 0 Å². The number of amides is 2. The van der Waals surface area contributed by atoms with E-state index >= 15 is 0 Å². The molecule has 160 valence electrons. The van der Waals surface area contributed by atoms with Crippen LogP contribution in [0.1, 0.15) is 30.3 Å². The average Bonchev–Trinajstić information content (AvgIpc) is 3.18. The average molecular weight is 524 g/mol. The molecule has 0 fully saturated rings. The number of nitrogens with zero attached hydrogens (tertiary/aromatic N) is 3. The van der Waals surface area contributed by atoms with E-state index in [9.17, 15) is 9.59 Å². The fourth-order valence-electron chi connectivity index (χ4n) is 4.02. The molecule has 0 aromatic heterocycles.